The lowest BCUT2D eigenvalue weighted by Crippen LogP contribution is -2.14. The number of anilines is 2. The summed E-state index contributed by atoms with van der Waals surface area (Å²) in [6.07, 6.45) is 6.98. The van der Waals surface area contributed by atoms with Gasteiger partial charge in [-0.1, -0.05) is 59.3 Å². The van der Waals surface area contributed by atoms with Crippen molar-refractivity contribution in [3.63, 3.8) is 0 Å². The molecule has 0 saturated heterocycles. The first kappa shape index (κ1) is 26.9. The van der Waals surface area contributed by atoms with Crippen LogP contribution >= 0.6 is 11.6 Å². The van der Waals surface area contributed by atoms with Crippen molar-refractivity contribution >= 4 is 33.9 Å². The highest BCUT2D eigenvalue weighted by molar-refractivity contribution is 6.35. The molecule has 8 nitrogen and oxygen atoms in total. The number of pyridine rings is 1. The molecular formula is C33H28ClFN8. The lowest BCUT2D eigenvalue weighted by molar-refractivity contribution is 0.610. The smallest absolute Gasteiger partial charge is 0.123 e. The van der Waals surface area contributed by atoms with Gasteiger partial charge in [0.05, 0.1) is 53.5 Å². The zero-order valence-corrected chi connectivity index (χ0v) is 23.9. The maximum absolute atomic E-state index is 13.9. The molecule has 6 rings (SSSR count). The van der Waals surface area contributed by atoms with Gasteiger partial charge in [0.1, 0.15) is 17.6 Å². The van der Waals surface area contributed by atoms with Gasteiger partial charge in [-0.15, -0.1) is 5.10 Å². The van der Waals surface area contributed by atoms with Crippen molar-refractivity contribution in [3.05, 3.63) is 112 Å². The molecule has 0 amide bonds. The van der Waals surface area contributed by atoms with Gasteiger partial charge in [-0.3, -0.25) is 4.98 Å². The maximum atomic E-state index is 13.9. The summed E-state index contributed by atoms with van der Waals surface area (Å²) in [6.45, 7) is 0. The third kappa shape index (κ3) is 6.28. The minimum absolute atomic E-state index is 0.190. The Morgan fingerprint density at radius 3 is 2.58 bits per heavy atom. The number of rotatable bonds is 11. The summed E-state index contributed by atoms with van der Waals surface area (Å²) < 4.78 is 25.3. The van der Waals surface area contributed by atoms with E-state index in [1.807, 2.05) is 30.3 Å². The molecular weight excluding hydrogens is 563 g/mol. The molecule has 5 aromatic rings. The van der Waals surface area contributed by atoms with Gasteiger partial charge in [0.15, 0.2) is 0 Å². The number of hydrogen-bond donors (Lipinski definition) is 2. The third-order valence-corrected chi connectivity index (χ3v) is 7.72. The van der Waals surface area contributed by atoms with E-state index in [9.17, 15) is 11.0 Å². The van der Waals surface area contributed by atoms with E-state index in [2.05, 4.69) is 38.1 Å². The number of hydrogen-bond acceptors (Lipinski definition) is 7. The van der Waals surface area contributed by atoms with Crippen molar-refractivity contribution < 1.29 is 5.76 Å². The predicted octanol–water partition coefficient (Wildman–Crippen LogP) is 7.87. The summed E-state index contributed by atoms with van der Waals surface area (Å²) in [5, 5.41) is 35.5. The second kappa shape index (κ2) is 12.5. The van der Waals surface area contributed by atoms with Crippen molar-refractivity contribution in [2.24, 2.45) is 0 Å². The minimum Gasteiger partial charge on any atom is -0.377 e. The van der Waals surface area contributed by atoms with Gasteiger partial charge in [-0.25, -0.2) is 9.07 Å². The summed E-state index contributed by atoms with van der Waals surface area (Å²) in [6, 6.07) is 21.9. The molecule has 2 atom stereocenters. The number of nitriles is 2. The molecule has 3 aromatic carbocycles. The maximum Gasteiger partial charge on any atom is 0.123 e. The summed E-state index contributed by atoms with van der Waals surface area (Å²) in [4.78, 5) is 4.48. The Morgan fingerprint density at radius 1 is 1.07 bits per heavy atom. The molecule has 43 heavy (non-hydrogen) atoms. The Morgan fingerprint density at radius 2 is 1.86 bits per heavy atom. The number of nitrogens with zero attached hydrogens (tertiary/aromatic N) is 6. The normalized spacial score (nSPS) is 15.1. The highest BCUT2D eigenvalue weighted by Crippen LogP contribution is 2.38. The van der Waals surface area contributed by atoms with E-state index in [0.717, 1.165) is 18.4 Å². The van der Waals surface area contributed by atoms with Crippen LogP contribution in [0.5, 0.6) is 0 Å². The van der Waals surface area contributed by atoms with E-state index in [4.69, 9.17) is 16.9 Å². The van der Waals surface area contributed by atoms with Crippen LogP contribution in [0, 0.1) is 28.5 Å². The number of halogens is 2. The van der Waals surface area contributed by atoms with E-state index in [-0.39, 0.29) is 12.1 Å². The Bertz CT molecular complexity index is 1880. The van der Waals surface area contributed by atoms with Gasteiger partial charge in [0.2, 0.25) is 0 Å². The van der Waals surface area contributed by atoms with Crippen LogP contribution in [0.3, 0.4) is 0 Å². The number of benzene rings is 3. The zero-order valence-electron chi connectivity index (χ0n) is 24.1. The predicted molar refractivity (Wildman–Crippen MR) is 164 cm³/mol. The molecule has 1 fully saturated rings. The second-order valence-corrected chi connectivity index (χ2v) is 10.9. The van der Waals surface area contributed by atoms with Crippen molar-refractivity contribution in [1.82, 2.24) is 20.0 Å². The molecule has 0 bridgehead atoms. The Labute approximate surface area is 255 Å². The first-order valence-electron chi connectivity index (χ1n) is 14.6. The molecule has 2 unspecified atom stereocenters. The first-order valence-corrected chi connectivity index (χ1v) is 14.4. The average Bonchev–Trinajstić information content (AvgIpc) is 3.76. The lowest BCUT2D eigenvalue weighted by Gasteiger charge is -2.23. The molecule has 1 aliphatic carbocycles. The van der Waals surface area contributed by atoms with Gasteiger partial charge < -0.3 is 10.6 Å². The largest absolute Gasteiger partial charge is 0.377 e. The highest BCUT2D eigenvalue weighted by Gasteiger charge is 2.27. The van der Waals surface area contributed by atoms with Crippen LogP contribution in [0.4, 0.5) is 15.8 Å². The van der Waals surface area contributed by atoms with Crippen molar-refractivity contribution in [3.8, 4) is 12.1 Å². The average molecular weight is 592 g/mol. The number of aromatic nitrogens is 4. The fourth-order valence-electron chi connectivity index (χ4n) is 5.09. The molecule has 0 aliphatic heterocycles. The van der Waals surface area contributed by atoms with E-state index < -0.39 is 11.8 Å². The van der Waals surface area contributed by atoms with E-state index in [0.29, 0.717) is 63.4 Å². The lowest BCUT2D eigenvalue weighted by atomic mass is 9.99. The molecule has 214 valence electrons. The number of fused-ring (bicyclic) bond motifs is 1. The van der Waals surface area contributed by atoms with Crippen LogP contribution in [-0.4, -0.2) is 20.0 Å². The molecule has 0 spiro atoms. The SMILES string of the molecule is [2H]C(Nc1cc(Cl)c2ncc(C#N)c(NC(CCCC#N)c3ccccc3)c2c1)(c1ccc(F)cc1)c1cn(C2CC2)nn1. The molecule has 2 aromatic heterocycles. The zero-order chi connectivity index (χ0) is 30.7. The number of unbranched alkanes of at least 4 members (excludes halogenated alkanes) is 1. The molecule has 1 saturated carbocycles. The van der Waals surface area contributed by atoms with Crippen molar-refractivity contribution in [2.75, 3.05) is 10.6 Å². The fourth-order valence-corrected chi connectivity index (χ4v) is 5.36. The molecule has 2 heterocycles. The van der Waals surface area contributed by atoms with Gasteiger partial charge in [-0.2, -0.15) is 10.5 Å². The molecule has 0 radical (unpaired) electrons. The summed E-state index contributed by atoms with van der Waals surface area (Å²) in [7, 11) is 0. The first-order chi connectivity index (χ1) is 21.4. The van der Waals surface area contributed by atoms with Gasteiger partial charge >= 0.3 is 0 Å². The van der Waals surface area contributed by atoms with Crippen LogP contribution in [0.1, 0.15) is 74.0 Å². The fraction of sp³-hybridized carbons (Fsp3) is 0.242. The Hall–Kier alpha value is -4.99. The van der Waals surface area contributed by atoms with Crippen LogP contribution in [0.15, 0.2) is 79.1 Å². The van der Waals surface area contributed by atoms with Crippen molar-refractivity contribution in [2.45, 2.75) is 50.2 Å². The summed E-state index contributed by atoms with van der Waals surface area (Å²) in [5.41, 5.74) is 3.65. The summed E-state index contributed by atoms with van der Waals surface area (Å²) >= 11 is 6.79. The topological polar surface area (TPSA) is 115 Å². The standard InChI is InChI=1S/C33H28ClFN8/c34-28-17-25(39-32(22-9-11-24(35)12-10-22)30-20-43(42-41-30)26-13-14-26)16-27-31(23(18-37)19-38-33(27)28)40-29(8-4-5-15-36)21-6-2-1-3-7-21/h1-3,6-7,9-12,16-17,19-20,26,29,32,39H,4-5,8,13-14H2,(H,38,40)/i32D. The van der Waals surface area contributed by atoms with E-state index >= 15 is 0 Å². The van der Waals surface area contributed by atoms with Gasteiger partial charge in [-0.05, 0) is 61.1 Å². The van der Waals surface area contributed by atoms with E-state index in [1.165, 1.54) is 18.3 Å². The molecule has 2 N–H and O–H groups in total. The third-order valence-electron chi connectivity index (χ3n) is 7.44. The van der Waals surface area contributed by atoms with Crippen LogP contribution in [0.25, 0.3) is 10.9 Å². The Kier molecular flexibility index (Phi) is 7.80. The van der Waals surface area contributed by atoms with Gasteiger partial charge in [0, 0.05) is 23.7 Å². The van der Waals surface area contributed by atoms with Crippen molar-refractivity contribution in [1.29, 1.82) is 10.5 Å². The van der Waals surface area contributed by atoms with Crippen LogP contribution in [-0.2, 0) is 0 Å². The Balaban J connectivity index is 1.44. The summed E-state index contributed by atoms with van der Waals surface area (Å²) in [5.74, 6) is -0.417. The quantitative estimate of drug-likeness (QED) is 0.150. The van der Waals surface area contributed by atoms with Crippen LogP contribution < -0.4 is 10.6 Å². The minimum atomic E-state index is -1.64. The number of nitrogens with one attached hydrogen (secondary N) is 2. The van der Waals surface area contributed by atoms with Gasteiger partial charge in [0.25, 0.3) is 0 Å². The molecule has 1 aliphatic rings. The second-order valence-electron chi connectivity index (χ2n) is 10.5. The monoisotopic (exact) mass is 591 g/mol. The van der Waals surface area contributed by atoms with Crippen LogP contribution in [0.2, 0.25) is 5.02 Å². The highest BCUT2D eigenvalue weighted by atomic mass is 35.5. The molecule has 10 heteroatoms. The van der Waals surface area contributed by atoms with E-state index in [1.54, 1.807) is 35.1 Å².